The molecule has 5 heteroatoms. The molecule has 1 heterocycles. The Bertz CT molecular complexity index is 422. The normalized spacial score (nSPS) is 14.5. The summed E-state index contributed by atoms with van der Waals surface area (Å²) in [5, 5.41) is 14.3. The number of aryl methyl sites for hydroxylation is 1. The van der Waals surface area contributed by atoms with Crippen LogP contribution in [0.25, 0.3) is 0 Å². The molecule has 0 fully saturated rings. The molecule has 0 aliphatic heterocycles. The van der Waals surface area contributed by atoms with Gasteiger partial charge in [0, 0.05) is 5.69 Å². The molecule has 1 aromatic rings. The van der Waals surface area contributed by atoms with Crippen molar-refractivity contribution in [1.82, 2.24) is 9.78 Å². The number of carbonyl (C=O) groups excluding carboxylic acids is 1. The monoisotopic (exact) mass is 240 g/mol. The Morgan fingerprint density at radius 2 is 2.12 bits per heavy atom. The molecule has 1 atom stereocenters. The van der Waals surface area contributed by atoms with Gasteiger partial charge in [-0.25, -0.2) is 4.79 Å². The van der Waals surface area contributed by atoms with Gasteiger partial charge in [0.25, 0.3) is 0 Å². The fourth-order valence-electron chi connectivity index (χ4n) is 1.98. The van der Waals surface area contributed by atoms with Crippen molar-refractivity contribution < 1.29 is 14.6 Å². The maximum absolute atomic E-state index is 11.4. The van der Waals surface area contributed by atoms with E-state index in [0.29, 0.717) is 0 Å². The van der Waals surface area contributed by atoms with Crippen LogP contribution in [0, 0.1) is 13.8 Å². The molecular formula is C12H20N2O3. The molecule has 96 valence electrons. The van der Waals surface area contributed by atoms with Crippen LogP contribution in [0.4, 0.5) is 0 Å². The number of hydrogen-bond donors (Lipinski definition) is 1. The summed E-state index contributed by atoms with van der Waals surface area (Å²) < 4.78 is 6.22. The predicted octanol–water partition coefficient (Wildman–Crippen LogP) is 0.986. The summed E-state index contributed by atoms with van der Waals surface area (Å²) >= 11 is 0. The molecule has 0 aliphatic rings. The van der Waals surface area contributed by atoms with Gasteiger partial charge in [0.15, 0.2) is 5.60 Å². The first kappa shape index (κ1) is 13.7. The minimum absolute atomic E-state index is 0.104. The lowest BCUT2D eigenvalue weighted by Gasteiger charge is -2.20. The lowest BCUT2D eigenvalue weighted by atomic mass is 10.1. The van der Waals surface area contributed by atoms with Crippen LogP contribution in [0.15, 0.2) is 0 Å². The van der Waals surface area contributed by atoms with E-state index < -0.39 is 11.6 Å². The van der Waals surface area contributed by atoms with E-state index in [1.165, 1.54) is 14.0 Å². The van der Waals surface area contributed by atoms with E-state index in [0.717, 1.165) is 23.4 Å². The van der Waals surface area contributed by atoms with E-state index in [4.69, 9.17) is 0 Å². The van der Waals surface area contributed by atoms with Gasteiger partial charge < -0.3 is 9.84 Å². The molecule has 0 aromatic carbocycles. The third kappa shape index (κ3) is 2.66. The molecule has 0 aliphatic carbocycles. The van der Waals surface area contributed by atoms with Crippen molar-refractivity contribution in [2.75, 3.05) is 7.11 Å². The topological polar surface area (TPSA) is 64.3 Å². The third-order valence-corrected chi connectivity index (χ3v) is 2.97. The predicted molar refractivity (Wildman–Crippen MR) is 63.7 cm³/mol. The maximum Gasteiger partial charge on any atom is 0.339 e. The van der Waals surface area contributed by atoms with Crippen molar-refractivity contribution in [3.63, 3.8) is 0 Å². The highest BCUT2D eigenvalue weighted by molar-refractivity contribution is 5.78. The number of aliphatic hydroxyl groups is 1. The van der Waals surface area contributed by atoms with Crippen LogP contribution in [-0.2, 0) is 22.5 Å². The van der Waals surface area contributed by atoms with Gasteiger partial charge in [-0.3, -0.25) is 4.68 Å². The first-order valence-corrected chi connectivity index (χ1v) is 5.67. The molecule has 0 saturated carbocycles. The summed E-state index contributed by atoms with van der Waals surface area (Å²) in [6.45, 7) is 7.45. The largest absolute Gasteiger partial charge is 0.467 e. The number of rotatable bonds is 4. The highest BCUT2D eigenvalue weighted by Gasteiger charge is 2.33. The minimum atomic E-state index is -1.55. The summed E-state index contributed by atoms with van der Waals surface area (Å²) in [4.78, 5) is 11.4. The van der Waals surface area contributed by atoms with Gasteiger partial charge in [0.05, 0.1) is 19.3 Å². The van der Waals surface area contributed by atoms with Gasteiger partial charge in [-0.1, -0.05) is 6.92 Å². The fraction of sp³-hybridized carbons (Fsp3) is 0.667. The molecule has 1 N–H and O–H groups in total. The molecule has 1 rings (SSSR count). The van der Waals surface area contributed by atoms with Crippen LogP contribution < -0.4 is 0 Å². The van der Waals surface area contributed by atoms with Crippen LogP contribution >= 0.6 is 0 Å². The number of ether oxygens (including phenoxy) is 1. The smallest absolute Gasteiger partial charge is 0.339 e. The molecule has 1 unspecified atom stereocenters. The zero-order chi connectivity index (χ0) is 13.2. The van der Waals surface area contributed by atoms with Gasteiger partial charge in [0.2, 0.25) is 0 Å². The molecule has 0 amide bonds. The number of aromatic nitrogens is 2. The van der Waals surface area contributed by atoms with Crippen molar-refractivity contribution in [3.05, 3.63) is 17.0 Å². The van der Waals surface area contributed by atoms with Crippen LogP contribution in [0.3, 0.4) is 0 Å². The van der Waals surface area contributed by atoms with Crippen LogP contribution in [-0.4, -0.2) is 33.6 Å². The Morgan fingerprint density at radius 3 is 2.53 bits per heavy atom. The second kappa shape index (κ2) is 4.87. The van der Waals surface area contributed by atoms with Crippen LogP contribution in [0.1, 0.15) is 30.8 Å². The number of hydrogen-bond acceptors (Lipinski definition) is 4. The maximum atomic E-state index is 11.4. The summed E-state index contributed by atoms with van der Waals surface area (Å²) in [6, 6.07) is 0. The van der Waals surface area contributed by atoms with E-state index in [1.807, 2.05) is 13.8 Å². The minimum Gasteiger partial charge on any atom is -0.467 e. The lowest BCUT2D eigenvalue weighted by Crippen LogP contribution is -2.41. The summed E-state index contributed by atoms with van der Waals surface area (Å²) in [5.74, 6) is -0.650. The Hall–Kier alpha value is -1.36. The van der Waals surface area contributed by atoms with Gasteiger partial charge in [0.1, 0.15) is 0 Å². The second-order valence-corrected chi connectivity index (χ2v) is 4.43. The molecule has 0 saturated heterocycles. The average molecular weight is 240 g/mol. The number of nitrogens with zero attached hydrogens (tertiary/aromatic N) is 2. The quantitative estimate of drug-likeness (QED) is 0.797. The van der Waals surface area contributed by atoms with E-state index in [1.54, 1.807) is 4.68 Å². The van der Waals surface area contributed by atoms with Crippen molar-refractivity contribution in [3.8, 4) is 0 Å². The summed E-state index contributed by atoms with van der Waals surface area (Å²) in [6.07, 6.45) is 0.887. The Morgan fingerprint density at radius 1 is 1.53 bits per heavy atom. The van der Waals surface area contributed by atoms with Crippen molar-refractivity contribution >= 4 is 5.97 Å². The lowest BCUT2D eigenvalue weighted by molar-refractivity contribution is -0.162. The second-order valence-electron chi connectivity index (χ2n) is 4.43. The highest BCUT2D eigenvalue weighted by atomic mass is 16.5. The Kier molecular flexibility index (Phi) is 3.93. The zero-order valence-corrected chi connectivity index (χ0v) is 11.1. The van der Waals surface area contributed by atoms with Crippen molar-refractivity contribution in [2.24, 2.45) is 0 Å². The molecular weight excluding hydrogens is 220 g/mol. The average Bonchev–Trinajstić information content (AvgIpc) is 2.52. The first-order valence-electron chi connectivity index (χ1n) is 5.67. The fourth-order valence-corrected chi connectivity index (χ4v) is 1.98. The molecule has 1 aromatic heterocycles. The summed E-state index contributed by atoms with van der Waals surface area (Å²) in [7, 11) is 1.26. The van der Waals surface area contributed by atoms with E-state index >= 15 is 0 Å². The molecule has 17 heavy (non-hydrogen) atoms. The first-order chi connectivity index (χ1) is 7.83. The molecule has 5 nitrogen and oxygen atoms in total. The SMILES string of the molecule is CCc1c(C)nn(CC(C)(O)C(=O)OC)c1C. The molecule has 0 spiro atoms. The van der Waals surface area contributed by atoms with Gasteiger partial charge in [-0.15, -0.1) is 0 Å². The van der Waals surface area contributed by atoms with Crippen LogP contribution in [0.5, 0.6) is 0 Å². The van der Waals surface area contributed by atoms with Gasteiger partial charge in [-0.05, 0) is 32.8 Å². The van der Waals surface area contributed by atoms with E-state index in [2.05, 4.69) is 16.8 Å². The Balaban J connectivity index is 3.00. The van der Waals surface area contributed by atoms with Crippen LogP contribution in [0.2, 0.25) is 0 Å². The number of esters is 1. The number of carbonyl (C=O) groups is 1. The molecule has 0 bridgehead atoms. The van der Waals surface area contributed by atoms with Gasteiger partial charge in [-0.2, -0.15) is 5.10 Å². The molecule has 0 radical (unpaired) electrons. The van der Waals surface area contributed by atoms with Gasteiger partial charge >= 0.3 is 5.97 Å². The standard InChI is InChI=1S/C12H20N2O3/c1-6-10-8(2)13-14(9(10)3)7-12(4,16)11(15)17-5/h16H,6-7H2,1-5H3. The summed E-state index contributed by atoms with van der Waals surface area (Å²) in [5.41, 5.74) is 1.52. The van der Waals surface area contributed by atoms with Crippen molar-refractivity contribution in [1.29, 1.82) is 0 Å². The highest BCUT2D eigenvalue weighted by Crippen LogP contribution is 2.17. The number of methoxy groups -OCH3 is 1. The van der Waals surface area contributed by atoms with E-state index in [9.17, 15) is 9.90 Å². The third-order valence-electron chi connectivity index (χ3n) is 2.97. The zero-order valence-electron chi connectivity index (χ0n) is 11.1. The Labute approximate surface area is 101 Å². The van der Waals surface area contributed by atoms with Crippen molar-refractivity contribution in [2.45, 2.75) is 46.3 Å². The van der Waals surface area contributed by atoms with E-state index in [-0.39, 0.29) is 6.54 Å².